The fraction of sp³-hybridized carbons (Fsp3) is 0.333. The molecule has 0 spiro atoms. The third-order valence-corrected chi connectivity index (χ3v) is 5.70. The number of nitrogens with one attached hydrogen (secondary N) is 1. The highest BCUT2D eigenvalue weighted by Gasteiger charge is 2.20. The molecule has 5 rings (SSSR count). The van der Waals surface area contributed by atoms with Gasteiger partial charge in [0.1, 0.15) is 24.7 Å². The van der Waals surface area contributed by atoms with Crippen LogP contribution in [0.2, 0.25) is 0 Å². The summed E-state index contributed by atoms with van der Waals surface area (Å²) in [7, 11) is 3.35. The Labute approximate surface area is 187 Å². The van der Waals surface area contributed by atoms with Gasteiger partial charge in [-0.15, -0.1) is 0 Å². The second kappa shape index (κ2) is 8.92. The van der Waals surface area contributed by atoms with Crippen LogP contribution in [0.3, 0.4) is 0 Å². The summed E-state index contributed by atoms with van der Waals surface area (Å²) in [6.45, 7) is 3.65. The number of aromatic nitrogens is 2. The highest BCUT2D eigenvalue weighted by molar-refractivity contribution is 5.60. The lowest BCUT2D eigenvalue weighted by Gasteiger charge is -2.28. The Kier molecular flexibility index (Phi) is 5.68. The maximum atomic E-state index is 5.66. The van der Waals surface area contributed by atoms with E-state index < -0.39 is 0 Å². The number of rotatable bonds is 6. The summed E-state index contributed by atoms with van der Waals surface area (Å²) in [5.41, 5.74) is 4.24. The molecule has 0 atom stereocenters. The average molecular weight is 434 g/mol. The smallest absolute Gasteiger partial charge is 0.227 e. The molecule has 0 amide bonds. The van der Waals surface area contributed by atoms with Crippen LogP contribution in [0, 0.1) is 0 Å². The van der Waals surface area contributed by atoms with Crippen molar-refractivity contribution >= 4 is 11.6 Å². The summed E-state index contributed by atoms with van der Waals surface area (Å²) in [6, 6.07) is 11.7. The minimum absolute atomic E-state index is 0.560. The van der Waals surface area contributed by atoms with Gasteiger partial charge in [-0.05, 0) is 18.2 Å². The zero-order chi connectivity index (χ0) is 21.9. The van der Waals surface area contributed by atoms with E-state index in [1.54, 1.807) is 14.2 Å². The van der Waals surface area contributed by atoms with Crippen molar-refractivity contribution in [2.24, 2.45) is 0 Å². The van der Waals surface area contributed by atoms with Crippen molar-refractivity contribution in [2.75, 3.05) is 39.3 Å². The molecule has 32 heavy (non-hydrogen) atoms. The lowest BCUT2D eigenvalue weighted by atomic mass is 10.1. The van der Waals surface area contributed by atoms with E-state index in [1.807, 2.05) is 36.5 Å². The lowest BCUT2D eigenvalue weighted by Crippen LogP contribution is -2.31. The predicted octanol–water partition coefficient (Wildman–Crippen LogP) is 3.57. The Morgan fingerprint density at radius 1 is 1.03 bits per heavy atom. The van der Waals surface area contributed by atoms with Crippen LogP contribution >= 0.6 is 0 Å². The van der Waals surface area contributed by atoms with Gasteiger partial charge in [-0.25, -0.2) is 9.97 Å². The molecule has 0 saturated heterocycles. The molecule has 0 radical (unpaired) electrons. The van der Waals surface area contributed by atoms with Gasteiger partial charge in [-0.3, -0.25) is 4.90 Å². The van der Waals surface area contributed by atoms with Crippen molar-refractivity contribution < 1.29 is 18.9 Å². The molecule has 2 aliphatic rings. The molecule has 3 heterocycles. The van der Waals surface area contributed by atoms with Gasteiger partial charge in [-0.1, -0.05) is 6.07 Å². The number of ether oxygens (including phenoxy) is 4. The number of methoxy groups -OCH3 is 2. The van der Waals surface area contributed by atoms with E-state index in [9.17, 15) is 0 Å². The summed E-state index contributed by atoms with van der Waals surface area (Å²) in [5.74, 6) is 3.72. The standard InChI is InChI=1S/C24H26N4O4/c1-29-19-5-3-16(22(12-19)30-2)14-28-8-7-20-17(15-28)13-25-24(27-20)26-18-4-6-21-23(11-18)32-10-9-31-21/h3-6,11-13H,7-10,14-15H2,1-2H3,(H,25,26,27). The summed E-state index contributed by atoms with van der Waals surface area (Å²) < 4.78 is 22.1. The summed E-state index contributed by atoms with van der Waals surface area (Å²) in [5, 5.41) is 3.28. The largest absolute Gasteiger partial charge is 0.497 e. The van der Waals surface area contributed by atoms with E-state index in [2.05, 4.69) is 21.3 Å². The molecule has 0 fully saturated rings. The fourth-order valence-corrected chi connectivity index (χ4v) is 4.04. The van der Waals surface area contributed by atoms with Crippen molar-refractivity contribution in [3.05, 3.63) is 59.4 Å². The first-order chi connectivity index (χ1) is 15.7. The molecule has 8 heteroatoms. The Morgan fingerprint density at radius 2 is 1.91 bits per heavy atom. The zero-order valence-electron chi connectivity index (χ0n) is 18.3. The van der Waals surface area contributed by atoms with Crippen LogP contribution in [-0.4, -0.2) is 48.8 Å². The quantitative estimate of drug-likeness (QED) is 0.631. The molecule has 0 bridgehead atoms. The van der Waals surface area contributed by atoms with Crippen LogP contribution in [0.4, 0.5) is 11.6 Å². The third-order valence-electron chi connectivity index (χ3n) is 5.70. The van der Waals surface area contributed by atoms with Crippen LogP contribution in [0.25, 0.3) is 0 Å². The van der Waals surface area contributed by atoms with Crippen molar-refractivity contribution in [3.8, 4) is 23.0 Å². The van der Waals surface area contributed by atoms with Crippen molar-refractivity contribution in [1.82, 2.24) is 14.9 Å². The van der Waals surface area contributed by atoms with Crippen LogP contribution in [0.15, 0.2) is 42.6 Å². The molecule has 166 valence electrons. The van der Waals surface area contributed by atoms with Gasteiger partial charge in [-0.2, -0.15) is 0 Å². The van der Waals surface area contributed by atoms with Crippen LogP contribution in [0.5, 0.6) is 23.0 Å². The van der Waals surface area contributed by atoms with Gasteiger partial charge < -0.3 is 24.3 Å². The average Bonchev–Trinajstić information content (AvgIpc) is 2.84. The normalized spacial score (nSPS) is 15.1. The van der Waals surface area contributed by atoms with Gasteiger partial charge in [0, 0.05) is 61.2 Å². The molecular weight excluding hydrogens is 408 g/mol. The van der Waals surface area contributed by atoms with Gasteiger partial charge in [0.25, 0.3) is 0 Å². The number of anilines is 2. The molecule has 2 aliphatic heterocycles. The minimum Gasteiger partial charge on any atom is -0.497 e. The monoisotopic (exact) mass is 434 g/mol. The van der Waals surface area contributed by atoms with Gasteiger partial charge in [0.15, 0.2) is 11.5 Å². The summed E-state index contributed by atoms with van der Waals surface area (Å²) >= 11 is 0. The Morgan fingerprint density at radius 3 is 2.75 bits per heavy atom. The summed E-state index contributed by atoms with van der Waals surface area (Å²) in [4.78, 5) is 11.7. The van der Waals surface area contributed by atoms with E-state index >= 15 is 0 Å². The topological polar surface area (TPSA) is 78.0 Å². The van der Waals surface area contributed by atoms with Gasteiger partial charge >= 0.3 is 0 Å². The van der Waals surface area contributed by atoms with E-state index in [0.717, 1.165) is 71.6 Å². The molecule has 0 aliphatic carbocycles. The molecule has 0 unspecified atom stereocenters. The Hall–Kier alpha value is -3.52. The van der Waals surface area contributed by atoms with E-state index in [0.29, 0.717) is 19.2 Å². The number of benzene rings is 2. The second-order valence-corrected chi connectivity index (χ2v) is 7.79. The first kappa shape index (κ1) is 20.4. The van der Waals surface area contributed by atoms with Crippen LogP contribution in [0.1, 0.15) is 16.8 Å². The highest BCUT2D eigenvalue weighted by atomic mass is 16.6. The Bertz CT molecular complexity index is 1120. The highest BCUT2D eigenvalue weighted by Crippen LogP contribution is 2.33. The van der Waals surface area contributed by atoms with E-state index in [-0.39, 0.29) is 0 Å². The minimum atomic E-state index is 0.560. The fourth-order valence-electron chi connectivity index (χ4n) is 4.04. The first-order valence-electron chi connectivity index (χ1n) is 10.7. The number of fused-ring (bicyclic) bond motifs is 2. The van der Waals surface area contributed by atoms with E-state index in [1.165, 1.54) is 0 Å². The van der Waals surface area contributed by atoms with E-state index in [4.69, 9.17) is 23.9 Å². The van der Waals surface area contributed by atoms with Crippen molar-refractivity contribution in [3.63, 3.8) is 0 Å². The molecule has 8 nitrogen and oxygen atoms in total. The lowest BCUT2D eigenvalue weighted by molar-refractivity contribution is 0.171. The number of nitrogens with zero attached hydrogens (tertiary/aromatic N) is 3. The molecule has 2 aromatic carbocycles. The van der Waals surface area contributed by atoms with Crippen LogP contribution in [-0.2, 0) is 19.5 Å². The zero-order valence-corrected chi connectivity index (χ0v) is 18.3. The first-order valence-corrected chi connectivity index (χ1v) is 10.7. The number of hydrogen-bond donors (Lipinski definition) is 1. The maximum absolute atomic E-state index is 5.66. The van der Waals surface area contributed by atoms with Crippen molar-refractivity contribution in [2.45, 2.75) is 19.5 Å². The molecule has 0 saturated carbocycles. The molecule has 1 N–H and O–H groups in total. The predicted molar refractivity (Wildman–Crippen MR) is 120 cm³/mol. The Balaban J connectivity index is 1.27. The molecular formula is C24H26N4O4. The molecule has 1 aromatic heterocycles. The molecule has 3 aromatic rings. The SMILES string of the molecule is COc1ccc(CN2CCc3nc(Nc4ccc5c(c4)OCCO5)ncc3C2)c(OC)c1. The summed E-state index contributed by atoms with van der Waals surface area (Å²) in [6.07, 6.45) is 2.78. The van der Waals surface area contributed by atoms with Crippen molar-refractivity contribution in [1.29, 1.82) is 0 Å². The third kappa shape index (κ3) is 4.27. The second-order valence-electron chi connectivity index (χ2n) is 7.79. The van der Waals surface area contributed by atoms with Gasteiger partial charge in [0.05, 0.1) is 19.9 Å². The number of hydrogen-bond acceptors (Lipinski definition) is 8. The van der Waals surface area contributed by atoms with Crippen LogP contribution < -0.4 is 24.3 Å². The maximum Gasteiger partial charge on any atom is 0.227 e. The van der Waals surface area contributed by atoms with Gasteiger partial charge in [0.2, 0.25) is 5.95 Å².